The van der Waals surface area contributed by atoms with E-state index in [0.717, 1.165) is 51.4 Å². The van der Waals surface area contributed by atoms with E-state index >= 15 is 0 Å². The van der Waals surface area contributed by atoms with Crippen molar-refractivity contribution in [2.75, 3.05) is 0 Å². The van der Waals surface area contributed by atoms with E-state index in [2.05, 4.69) is 27.7 Å². The van der Waals surface area contributed by atoms with Gasteiger partial charge in [0.15, 0.2) is 0 Å². The van der Waals surface area contributed by atoms with Crippen molar-refractivity contribution in [2.24, 2.45) is 0 Å². The molecule has 0 aromatic rings. The van der Waals surface area contributed by atoms with E-state index in [1.54, 1.807) is 0 Å². The van der Waals surface area contributed by atoms with Crippen LogP contribution in [0.4, 0.5) is 0 Å². The number of carbonyl (C=O) groups excluding carboxylic acids is 4. The van der Waals surface area contributed by atoms with Crippen LogP contribution in [0.3, 0.4) is 0 Å². The van der Waals surface area contributed by atoms with Crippen LogP contribution >= 0.6 is 0 Å². The molecule has 9 heteroatoms. The van der Waals surface area contributed by atoms with Crippen LogP contribution in [0, 0.1) is 0 Å². The van der Waals surface area contributed by atoms with E-state index in [0.29, 0.717) is 0 Å². The molecule has 0 aliphatic rings. The van der Waals surface area contributed by atoms with Gasteiger partial charge < -0.3 is 39.6 Å². The van der Waals surface area contributed by atoms with Crippen LogP contribution in [-0.2, 0) is 36.2 Å². The van der Waals surface area contributed by atoms with Gasteiger partial charge in [-0.25, -0.2) is 0 Å². The minimum Gasteiger partial charge on any atom is -0.550 e. The summed E-state index contributed by atoms with van der Waals surface area (Å²) in [4.78, 5) is 40.9. The third-order valence-electron chi connectivity index (χ3n) is 15.9. The van der Waals surface area contributed by atoms with Crippen molar-refractivity contribution in [3.05, 3.63) is 0 Å². The predicted octanol–water partition coefficient (Wildman–Crippen LogP) is 20.0. The number of carbonyl (C=O) groups is 4. The maximum atomic E-state index is 10.2. The van der Waals surface area contributed by atoms with E-state index in [9.17, 15) is 39.6 Å². The van der Waals surface area contributed by atoms with Crippen LogP contribution in [0.25, 0.3) is 0 Å². The molecular weight excluding hydrogens is 1050 g/mol. The van der Waals surface area contributed by atoms with Gasteiger partial charge >= 0.3 is 17.1 Å². The fourth-order valence-electron chi connectivity index (χ4n) is 10.6. The van der Waals surface area contributed by atoms with E-state index in [4.69, 9.17) is 0 Å². The second kappa shape index (κ2) is 84.8. The number of carboxylic acids is 4. The summed E-state index contributed by atoms with van der Waals surface area (Å²) in [5.41, 5.74) is 0. The van der Waals surface area contributed by atoms with Gasteiger partial charge in [-0.1, -0.05) is 387 Å². The van der Waals surface area contributed by atoms with Crippen molar-refractivity contribution >= 4 is 23.9 Å². The summed E-state index contributed by atoms with van der Waals surface area (Å²) in [7, 11) is 0. The molecule has 0 rings (SSSR count). The van der Waals surface area contributed by atoms with Crippen LogP contribution in [-0.4, -0.2) is 23.9 Å². The fraction of sp³-hybridized carbons (Fsp3) is 0.944. The Kier molecular flexibility index (Phi) is 92.4. The summed E-state index contributed by atoms with van der Waals surface area (Å²) in [5, 5.41) is 40.9. The minimum atomic E-state index is -0.903. The first-order valence-corrected chi connectivity index (χ1v) is 35.9. The smallest absolute Gasteiger partial charge is 0.550 e. The molecule has 0 fully saturated rings. The third kappa shape index (κ3) is 104. The molecule has 0 unspecified atom stereocenters. The SMILES string of the molecule is CCCCCCCCCCCCCCCCCC(=O)[O-].CCCCCCCCCCCCCCCCCC(=O)[O-].CCCCCCCCCCCCCCCCCC(=O)[O-].CCCCCCCCCCCCCCCCCC(=O)[O-].[Fe+2]. The van der Waals surface area contributed by atoms with Gasteiger partial charge in [0.2, 0.25) is 0 Å². The minimum absolute atomic E-state index is 0. The molecule has 0 aromatic heterocycles. The van der Waals surface area contributed by atoms with Gasteiger partial charge in [-0.15, -0.1) is 0 Å². The second-order valence-corrected chi connectivity index (χ2v) is 24.3. The van der Waals surface area contributed by atoms with Crippen molar-refractivity contribution in [1.82, 2.24) is 0 Å². The summed E-state index contributed by atoms with van der Waals surface area (Å²) in [5.74, 6) is -3.61. The van der Waals surface area contributed by atoms with E-state index in [1.165, 1.54) is 334 Å². The normalized spacial score (nSPS) is 10.7. The van der Waals surface area contributed by atoms with Crippen molar-refractivity contribution < 1.29 is 56.7 Å². The Bertz CT molecular complexity index is 990. The summed E-state index contributed by atoms with van der Waals surface area (Å²) in [6.45, 7) is 9.07. The first kappa shape index (κ1) is 88.2. The monoisotopic (exact) mass is 1190 g/mol. The number of carboxylic acid groups (broad SMARTS) is 4. The molecule has 0 heterocycles. The number of aliphatic carboxylic acids is 4. The van der Waals surface area contributed by atoms with Crippen molar-refractivity contribution in [3.8, 4) is 0 Å². The zero-order valence-electron chi connectivity index (χ0n) is 54.9. The maximum absolute atomic E-state index is 10.2. The van der Waals surface area contributed by atoms with Gasteiger partial charge in [-0.2, -0.15) is 0 Å². The molecule has 0 saturated heterocycles. The molecular formula is C72H140FeO8-2. The molecule has 0 radical (unpaired) electrons. The standard InChI is InChI=1S/4C18H36O2.Fe/c4*1-2-3-4-5-6-7-8-9-10-11-12-13-14-15-16-17-18(19)20;/h4*2-17H2,1H3,(H,19,20);/q;;;;+2/p-4. The molecule has 0 bridgehead atoms. The Labute approximate surface area is 516 Å². The summed E-state index contributed by atoms with van der Waals surface area (Å²) >= 11 is 0. The van der Waals surface area contributed by atoms with E-state index in [1.807, 2.05) is 0 Å². The van der Waals surface area contributed by atoms with E-state index < -0.39 is 23.9 Å². The molecule has 0 N–H and O–H groups in total. The molecule has 0 aromatic carbocycles. The van der Waals surface area contributed by atoms with E-state index in [-0.39, 0.29) is 42.8 Å². The summed E-state index contributed by atoms with van der Waals surface area (Å²) < 4.78 is 0. The Balaban J connectivity index is -0.000000316. The van der Waals surface area contributed by atoms with Gasteiger partial charge in [-0.3, -0.25) is 0 Å². The Hall–Kier alpha value is -1.60. The molecule has 8 nitrogen and oxygen atoms in total. The first-order chi connectivity index (χ1) is 39.1. The van der Waals surface area contributed by atoms with Crippen LogP contribution in [0.2, 0.25) is 0 Å². The van der Waals surface area contributed by atoms with Crippen LogP contribution in [0.1, 0.15) is 439 Å². The molecule has 0 saturated carbocycles. The molecule has 0 amide bonds. The van der Waals surface area contributed by atoms with Gasteiger partial charge in [0.05, 0.1) is 0 Å². The first-order valence-electron chi connectivity index (χ1n) is 35.9. The molecule has 0 aliphatic heterocycles. The number of unbranched alkanes of at least 4 members (excludes halogenated alkanes) is 56. The zero-order valence-corrected chi connectivity index (χ0v) is 56.0. The van der Waals surface area contributed by atoms with Gasteiger partial charge in [-0.05, 0) is 51.4 Å². The average molecular weight is 1190 g/mol. The number of hydrogen-bond donors (Lipinski definition) is 0. The summed E-state index contributed by atoms with van der Waals surface area (Å²) in [6.07, 6.45) is 79.4. The van der Waals surface area contributed by atoms with Crippen LogP contribution in [0.15, 0.2) is 0 Å². The predicted molar refractivity (Wildman–Crippen MR) is 338 cm³/mol. The molecule has 0 atom stereocenters. The second-order valence-electron chi connectivity index (χ2n) is 24.3. The van der Waals surface area contributed by atoms with Crippen molar-refractivity contribution in [3.63, 3.8) is 0 Å². The van der Waals surface area contributed by atoms with Gasteiger partial charge in [0.25, 0.3) is 0 Å². The molecule has 0 spiro atoms. The van der Waals surface area contributed by atoms with Gasteiger partial charge in [0, 0.05) is 23.9 Å². The molecule has 81 heavy (non-hydrogen) atoms. The molecule has 486 valence electrons. The fourth-order valence-corrected chi connectivity index (χ4v) is 10.6. The quantitative estimate of drug-likeness (QED) is 0.0430. The Morgan fingerprint density at radius 1 is 0.160 bits per heavy atom. The third-order valence-corrected chi connectivity index (χ3v) is 15.9. The number of hydrogen-bond acceptors (Lipinski definition) is 8. The van der Waals surface area contributed by atoms with Crippen molar-refractivity contribution in [1.29, 1.82) is 0 Å². The van der Waals surface area contributed by atoms with Crippen LogP contribution < -0.4 is 20.4 Å². The maximum Gasteiger partial charge on any atom is 2.00 e. The topological polar surface area (TPSA) is 161 Å². The largest absolute Gasteiger partial charge is 2.00 e. The average Bonchev–Trinajstić information content (AvgIpc) is 3.43. The Morgan fingerprint density at radius 3 is 0.309 bits per heavy atom. The Morgan fingerprint density at radius 2 is 0.235 bits per heavy atom. The van der Waals surface area contributed by atoms with Crippen molar-refractivity contribution in [2.45, 2.75) is 439 Å². The zero-order chi connectivity index (χ0) is 59.6. The summed E-state index contributed by atoms with van der Waals surface area (Å²) in [6, 6.07) is 0. The number of rotatable bonds is 64. The molecule has 0 aliphatic carbocycles. The van der Waals surface area contributed by atoms with Gasteiger partial charge in [0.1, 0.15) is 0 Å². The van der Waals surface area contributed by atoms with Crippen LogP contribution in [0.5, 0.6) is 0 Å².